The molecule has 0 aliphatic carbocycles. The van der Waals surface area contributed by atoms with Crippen molar-refractivity contribution >= 4 is 22.6 Å². The van der Waals surface area contributed by atoms with Gasteiger partial charge in [0, 0.05) is 0 Å². The van der Waals surface area contributed by atoms with E-state index in [1.54, 1.807) is 0 Å². The zero-order chi connectivity index (χ0) is 22.5. The van der Waals surface area contributed by atoms with Crippen molar-refractivity contribution in [2.24, 2.45) is 5.92 Å². The van der Waals surface area contributed by atoms with E-state index in [-0.39, 0.29) is 36.7 Å². The van der Waals surface area contributed by atoms with E-state index < -0.39 is 0 Å². The second kappa shape index (κ2) is 9.73. The lowest BCUT2D eigenvalue weighted by molar-refractivity contribution is -0.126. The van der Waals surface area contributed by atoms with E-state index in [0.29, 0.717) is 19.0 Å². The smallest absolute Gasteiger partial charge is 0.239 e. The Morgan fingerprint density at radius 1 is 0.906 bits per heavy atom. The lowest BCUT2D eigenvalue weighted by atomic mass is 9.95. The largest absolute Gasteiger partial charge is 0.486 e. The molecule has 6 heteroatoms. The lowest BCUT2D eigenvalue weighted by Crippen LogP contribution is -2.40. The van der Waals surface area contributed by atoms with Crippen LogP contribution in [0.3, 0.4) is 0 Å². The third kappa shape index (κ3) is 5.02. The molecule has 1 aliphatic rings. The van der Waals surface area contributed by atoms with Crippen LogP contribution in [-0.4, -0.2) is 31.6 Å². The van der Waals surface area contributed by atoms with Crippen molar-refractivity contribution in [3.63, 3.8) is 0 Å². The molecule has 0 aromatic heterocycles. The summed E-state index contributed by atoms with van der Waals surface area (Å²) < 4.78 is 11.3. The molecule has 3 aromatic rings. The number of fused-ring (bicyclic) bond motifs is 2. The van der Waals surface area contributed by atoms with Gasteiger partial charge in [0.2, 0.25) is 11.8 Å². The second-order valence-electron chi connectivity index (χ2n) is 8.28. The average Bonchev–Trinajstić information content (AvgIpc) is 2.81. The van der Waals surface area contributed by atoms with Crippen LogP contribution in [0.15, 0.2) is 60.7 Å². The molecule has 0 saturated carbocycles. The highest BCUT2D eigenvalue weighted by atomic mass is 16.6. The Balaban J connectivity index is 1.36. The van der Waals surface area contributed by atoms with Crippen molar-refractivity contribution in [1.82, 2.24) is 10.6 Å². The Kier molecular flexibility index (Phi) is 6.59. The number of carbonyl (C=O) groups is 2. The number of nitrogens with one attached hydrogen (secondary N) is 2. The van der Waals surface area contributed by atoms with Gasteiger partial charge in [0.05, 0.1) is 19.0 Å². The minimum absolute atomic E-state index is 0.0721. The average molecular weight is 433 g/mol. The van der Waals surface area contributed by atoms with Gasteiger partial charge in [-0.05, 0) is 39.9 Å². The zero-order valence-corrected chi connectivity index (χ0v) is 18.4. The van der Waals surface area contributed by atoms with Crippen molar-refractivity contribution in [1.29, 1.82) is 0 Å². The molecule has 1 heterocycles. The molecule has 6 nitrogen and oxygen atoms in total. The van der Waals surface area contributed by atoms with Gasteiger partial charge < -0.3 is 20.1 Å². The van der Waals surface area contributed by atoms with Crippen LogP contribution < -0.4 is 20.1 Å². The van der Waals surface area contributed by atoms with E-state index in [2.05, 4.69) is 10.6 Å². The molecule has 2 amide bonds. The van der Waals surface area contributed by atoms with Gasteiger partial charge in [0.25, 0.3) is 0 Å². The number of hydrogen-bond donors (Lipinski definition) is 2. The third-order valence-corrected chi connectivity index (χ3v) is 5.59. The predicted octanol–water partition coefficient (Wildman–Crippen LogP) is 3.78. The second-order valence-corrected chi connectivity index (χ2v) is 8.28. The summed E-state index contributed by atoms with van der Waals surface area (Å²) in [7, 11) is 0. The number of ether oxygens (including phenoxy) is 2. The summed E-state index contributed by atoms with van der Waals surface area (Å²) in [5, 5.41) is 7.93. The molecule has 1 unspecified atom stereocenters. The quantitative estimate of drug-likeness (QED) is 0.596. The fourth-order valence-electron chi connectivity index (χ4n) is 3.97. The molecule has 3 aromatic carbocycles. The highest BCUT2D eigenvalue weighted by molar-refractivity contribution is 5.91. The van der Waals surface area contributed by atoms with E-state index in [1.165, 1.54) is 0 Å². The molecule has 4 rings (SSSR count). The van der Waals surface area contributed by atoms with E-state index in [4.69, 9.17) is 9.47 Å². The van der Waals surface area contributed by atoms with Gasteiger partial charge in [-0.25, -0.2) is 0 Å². The SMILES string of the molecule is CC(C)C(NC(=O)CNC(=O)Cc1cccc2ccccc12)c1ccc2c(c1)OCCO2. The van der Waals surface area contributed by atoms with Crippen molar-refractivity contribution in [2.45, 2.75) is 26.3 Å². The minimum atomic E-state index is -0.232. The zero-order valence-electron chi connectivity index (χ0n) is 18.4. The first-order chi connectivity index (χ1) is 15.5. The van der Waals surface area contributed by atoms with Gasteiger partial charge in [-0.2, -0.15) is 0 Å². The summed E-state index contributed by atoms with van der Waals surface area (Å²) in [6.07, 6.45) is 0.227. The highest BCUT2D eigenvalue weighted by Crippen LogP contribution is 2.34. The first-order valence-corrected chi connectivity index (χ1v) is 10.9. The summed E-state index contributed by atoms with van der Waals surface area (Å²) in [6, 6.07) is 19.4. The van der Waals surface area contributed by atoms with Crippen LogP contribution in [0.4, 0.5) is 0 Å². The molecular formula is C26H28N2O4. The van der Waals surface area contributed by atoms with Gasteiger partial charge >= 0.3 is 0 Å². The fraction of sp³-hybridized carbons (Fsp3) is 0.308. The van der Waals surface area contributed by atoms with Crippen LogP contribution in [0.2, 0.25) is 0 Å². The van der Waals surface area contributed by atoms with Gasteiger partial charge in [-0.15, -0.1) is 0 Å². The molecule has 2 N–H and O–H groups in total. The maximum Gasteiger partial charge on any atom is 0.239 e. The van der Waals surface area contributed by atoms with Crippen molar-refractivity contribution in [2.75, 3.05) is 19.8 Å². The Bertz CT molecular complexity index is 1120. The number of benzene rings is 3. The third-order valence-electron chi connectivity index (χ3n) is 5.59. The first-order valence-electron chi connectivity index (χ1n) is 10.9. The number of carbonyl (C=O) groups excluding carboxylic acids is 2. The van der Waals surface area contributed by atoms with Crippen LogP contribution in [0.25, 0.3) is 10.8 Å². The molecule has 0 spiro atoms. The van der Waals surface area contributed by atoms with Crippen molar-refractivity contribution < 1.29 is 19.1 Å². The Morgan fingerprint density at radius 3 is 2.47 bits per heavy atom. The summed E-state index contributed by atoms with van der Waals surface area (Å²) in [5.74, 6) is 1.15. The summed E-state index contributed by atoms with van der Waals surface area (Å²) in [4.78, 5) is 25.1. The van der Waals surface area contributed by atoms with E-state index in [1.807, 2.05) is 74.5 Å². The maximum atomic E-state index is 12.6. The van der Waals surface area contributed by atoms with Gasteiger partial charge in [-0.1, -0.05) is 62.4 Å². The van der Waals surface area contributed by atoms with Gasteiger partial charge in [0.1, 0.15) is 13.2 Å². The van der Waals surface area contributed by atoms with Crippen LogP contribution >= 0.6 is 0 Å². The molecule has 32 heavy (non-hydrogen) atoms. The fourth-order valence-corrected chi connectivity index (χ4v) is 3.97. The number of amides is 2. The van der Waals surface area contributed by atoms with Crippen LogP contribution in [0, 0.1) is 5.92 Å². The molecule has 0 radical (unpaired) electrons. The Hall–Kier alpha value is -3.54. The van der Waals surface area contributed by atoms with Gasteiger partial charge in [0.15, 0.2) is 11.5 Å². The number of rotatable bonds is 7. The molecule has 1 aliphatic heterocycles. The van der Waals surface area contributed by atoms with Crippen molar-refractivity contribution in [3.8, 4) is 11.5 Å². The molecule has 0 bridgehead atoms. The van der Waals surface area contributed by atoms with E-state index in [0.717, 1.165) is 27.6 Å². The minimum Gasteiger partial charge on any atom is -0.486 e. The van der Waals surface area contributed by atoms with Crippen LogP contribution in [0.1, 0.15) is 31.0 Å². The topological polar surface area (TPSA) is 76.7 Å². The summed E-state index contributed by atoms with van der Waals surface area (Å²) in [6.45, 7) is 5.06. The van der Waals surface area contributed by atoms with Crippen molar-refractivity contribution in [3.05, 3.63) is 71.8 Å². The van der Waals surface area contributed by atoms with Gasteiger partial charge in [-0.3, -0.25) is 9.59 Å². The monoisotopic (exact) mass is 432 g/mol. The summed E-state index contributed by atoms with van der Waals surface area (Å²) >= 11 is 0. The highest BCUT2D eigenvalue weighted by Gasteiger charge is 2.21. The molecule has 0 fully saturated rings. The molecule has 1 atom stereocenters. The molecule has 166 valence electrons. The van der Waals surface area contributed by atoms with Crippen LogP contribution in [0.5, 0.6) is 11.5 Å². The van der Waals surface area contributed by atoms with E-state index in [9.17, 15) is 9.59 Å². The Labute approximate surface area is 187 Å². The Morgan fingerprint density at radius 2 is 1.66 bits per heavy atom. The maximum absolute atomic E-state index is 12.6. The molecule has 0 saturated heterocycles. The molecular weight excluding hydrogens is 404 g/mol. The normalized spacial score (nSPS) is 13.6. The lowest BCUT2D eigenvalue weighted by Gasteiger charge is -2.25. The summed E-state index contributed by atoms with van der Waals surface area (Å²) in [5.41, 5.74) is 1.89. The predicted molar refractivity (Wildman–Crippen MR) is 124 cm³/mol. The standard InChI is InChI=1S/C26H28N2O4/c1-17(2)26(20-10-11-22-23(14-20)32-13-12-31-22)28-25(30)16-27-24(29)15-19-8-5-7-18-6-3-4-9-21(18)19/h3-11,14,17,26H,12-13,15-16H2,1-2H3,(H,27,29)(H,28,30). The van der Waals surface area contributed by atoms with Crippen LogP contribution in [-0.2, 0) is 16.0 Å². The first kappa shape index (κ1) is 21.7. The van der Waals surface area contributed by atoms with E-state index >= 15 is 0 Å². The number of hydrogen-bond acceptors (Lipinski definition) is 4.